The van der Waals surface area contributed by atoms with Gasteiger partial charge in [-0.1, -0.05) is 37.1 Å². The maximum absolute atomic E-state index is 12.2. The molecule has 0 radical (unpaired) electrons. The van der Waals surface area contributed by atoms with E-state index >= 15 is 0 Å². The molecule has 0 aromatic heterocycles. The van der Waals surface area contributed by atoms with Crippen LogP contribution in [0, 0.1) is 5.92 Å². The van der Waals surface area contributed by atoms with Crippen molar-refractivity contribution in [3.8, 4) is 0 Å². The predicted octanol–water partition coefficient (Wildman–Crippen LogP) is 2.80. The van der Waals surface area contributed by atoms with Crippen molar-refractivity contribution in [3.05, 3.63) is 42.0 Å². The van der Waals surface area contributed by atoms with Gasteiger partial charge in [-0.25, -0.2) is 4.99 Å². The van der Waals surface area contributed by atoms with Gasteiger partial charge >= 0.3 is 0 Å². The Morgan fingerprint density at radius 1 is 1.39 bits per heavy atom. The Labute approximate surface area is 138 Å². The van der Waals surface area contributed by atoms with Gasteiger partial charge in [0.25, 0.3) is 0 Å². The van der Waals surface area contributed by atoms with Crippen molar-refractivity contribution in [1.82, 2.24) is 5.32 Å². The van der Waals surface area contributed by atoms with Crippen LogP contribution < -0.4 is 16.4 Å². The number of benzene rings is 1. The van der Waals surface area contributed by atoms with Gasteiger partial charge in [0.05, 0.1) is 6.54 Å². The van der Waals surface area contributed by atoms with E-state index in [-0.39, 0.29) is 11.8 Å². The van der Waals surface area contributed by atoms with E-state index < -0.39 is 0 Å². The van der Waals surface area contributed by atoms with E-state index in [1.807, 2.05) is 31.2 Å². The van der Waals surface area contributed by atoms with Gasteiger partial charge in [-0.15, -0.1) is 0 Å². The van der Waals surface area contributed by atoms with Crippen LogP contribution in [0.3, 0.4) is 0 Å². The Kier molecular flexibility index (Phi) is 6.20. The molecule has 5 nitrogen and oxygen atoms in total. The topological polar surface area (TPSA) is 79.5 Å². The number of rotatable bonds is 6. The van der Waals surface area contributed by atoms with E-state index in [0.717, 1.165) is 42.5 Å². The quantitative estimate of drug-likeness (QED) is 0.429. The molecule has 1 saturated carbocycles. The second-order valence-electron chi connectivity index (χ2n) is 6.18. The van der Waals surface area contributed by atoms with Crippen molar-refractivity contribution < 1.29 is 4.79 Å². The Morgan fingerprint density at radius 3 is 2.83 bits per heavy atom. The highest BCUT2D eigenvalue weighted by molar-refractivity contribution is 5.92. The average molecular weight is 314 g/mol. The summed E-state index contributed by atoms with van der Waals surface area (Å²) in [6.45, 7) is 6.82. The summed E-state index contributed by atoms with van der Waals surface area (Å²) in [5.74, 6) is 0.692. The van der Waals surface area contributed by atoms with Gasteiger partial charge in [0, 0.05) is 18.2 Å². The van der Waals surface area contributed by atoms with Gasteiger partial charge < -0.3 is 16.4 Å². The zero-order valence-corrected chi connectivity index (χ0v) is 13.8. The van der Waals surface area contributed by atoms with Crippen molar-refractivity contribution in [3.63, 3.8) is 0 Å². The molecule has 1 fully saturated rings. The SMILES string of the molecule is C=C(C)CNC(N)=NCc1cccc(NC(=O)C2CCCC2)c1. The van der Waals surface area contributed by atoms with Crippen LogP contribution in [0.4, 0.5) is 5.69 Å². The fourth-order valence-electron chi connectivity index (χ4n) is 2.65. The fraction of sp³-hybridized carbons (Fsp3) is 0.444. The Balaban J connectivity index is 1.90. The molecule has 2 rings (SSSR count). The van der Waals surface area contributed by atoms with Crippen LogP contribution in [-0.2, 0) is 11.3 Å². The summed E-state index contributed by atoms with van der Waals surface area (Å²) in [6, 6.07) is 7.75. The molecule has 5 heteroatoms. The number of nitrogens with two attached hydrogens (primary N) is 1. The van der Waals surface area contributed by atoms with E-state index in [4.69, 9.17) is 5.73 Å². The van der Waals surface area contributed by atoms with Crippen LogP contribution in [0.5, 0.6) is 0 Å². The number of nitrogens with one attached hydrogen (secondary N) is 2. The third kappa shape index (κ3) is 5.77. The number of aliphatic imine (C=N–C) groups is 1. The van der Waals surface area contributed by atoms with Crippen molar-refractivity contribution in [2.45, 2.75) is 39.2 Å². The highest BCUT2D eigenvalue weighted by Gasteiger charge is 2.22. The molecule has 1 aromatic rings. The molecule has 0 saturated heterocycles. The van der Waals surface area contributed by atoms with Crippen LogP contribution in [0.15, 0.2) is 41.4 Å². The third-order valence-electron chi connectivity index (χ3n) is 3.92. The van der Waals surface area contributed by atoms with E-state index in [2.05, 4.69) is 22.2 Å². The van der Waals surface area contributed by atoms with Gasteiger partial charge in [0.2, 0.25) is 5.91 Å². The van der Waals surface area contributed by atoms with E-state index in [1.54, 1.807) is 0 Å². The van der Waals surface area contributed by atoms with Crippen LogP contribution in [-0.4, -0.2) is 18.4 Å². The second-order valence-corrected chi connectivity index (χ2v) is 6.18. The van der Waals surface area contributed by atoms with Gasteiger partial charge in [-0.3, -0.25) is 4.79 Å². The van der Waals surface area contributed by atoms with Crippen LogP contribution in [0.1, 0.15) is 38.2 Å². The lowest BCUT2D eigenvalue weighted by molar-refractivity contribution is -0.119. The number of hydrogen-bond donors (Lipinski definition) is 3. The average Bonchev–Trinajstić information content (AvgIpc) is 3.06. The molecule has 0 heterocycles. The molecular formula is C18H26N4O. The molecule has 1 aliphatic rings. The van der Waals surface area contributed by atoms with Crippen LogP contribution in [0.2, 0.25) is 0 Å². The first-order valence-corrected chi connectivity index (χ1v) is 8.12. The first-order valence-electron chi connectivity index (χ1n) is 8.12. The summed E-state index contributed by atoms with van der Waals surface area (Å²) >= 11 is 0. The number of nitrogens with zero attached hydrogens (tertiary/aromatic N) is 1. The van der Waals surface area contributed by atoms with Crippen molar-refractivity contribution >= 4 is 17.6 Å². The number of hydrogen-bond acceptors (Lipinski definition) is 2. The first kappa shape index (κ1) is 17.1. The number of carbonyl (C=O) groups excluding carboxylic acids is 1. The van der Waals surface area contributed by atoms with E-state index in [1.165, 1.54) is 0 Å². The Hall–Kier alpha value is -2.30. The molecule has 23 heavy (non-hydrogen) atoms. The summed E-state index contributed by atoms with van der Waals surface area (Å²) in [5, 5.41) is 6.00. The van der Waals surface area contributed by atoms with Crippen LogP contribution in [0.25, 0.3) is 0 Å². The number of anilines is 1. The zero-order valence-electron chi connectivity index (χ0n) is 13.8. The molecule has 0 unspecified atom stereocenters. The number of guanidine groups is 1. The highest BCUT2D eigenvalue weighted by Crippen LogP contribution is 2.26. The Morgan fingerprint density at radius 2 is 2.13 bits per heavy atom. The van der Waals surface area contributed by atoms with E-state index in [9.17, 15) is 4.79 Å². The summed E-state index contributed by atoms with van der Waals surface area (Å²) in [4.78, 5) is 16.5. The van der Waals surface area contributed by atoms with Crippen molar-refractivity contribution in [1.29, 1.82) is 0 Å². The molecule has 0 spiro atoms. The minimum Gasteiger partial charge on any atom is -0.370 e. The monoisotopic (exact) mass is 314 g/mol. The van der Waals surface area contributed by atoms with Gasteiger partial charge in [0.1, 0.15) is 0 Å². The molecule has 1 aliphatic carbocycles. The van der Waals surface area contributed by atoms with Gasteiger partial charge in [-0.2, -0.15) is 0 Å². The largest absolute Gasteiger partial charge is 0.370 e. The second kappa shape index (κ2) is 8.36. The minimum absolute atomic E-state index is 0.130. The summed E-state index contributed by atoms with van der Waals surface area (Å²) in [7, 11) is 0. The summed E-state index contributed by atoms with van der Waals surface area (Å²) < 4.78 is 0. The van der Waals surface area contributed by atoms with Crippen molar-refractivity contribution in [2.24, 2.45) is 16.6 Å². The molecule has 124 valence electrons. The summed E-state index contributed by atoms with van der Waals surface area (Å²) in [6.07, 6.45) is 4.31. The minimum atomic E-state index is 0.130. The van der Waals surface area contributed by atoms with Crippen LogP contribution >= 0.6 is 0 Å². The smallest absolute Gasteiger partial charge is 0.227 e. The first-order chi connectivity index (χ1) is 11.0. The lowest BCUT2D eigenvalue weighted by atomic mass is 10.1. The fourth-order valence-corrected chi connectivity index (χ4v) is 2.65. The lowest BCUT2D eigenvalue weighted by Crippen LogP contribution is -2.32. The van der Waals surface area contributed by atoms with Gasteiger partial charge in [-0.05, 0) is 37.5 Å². The third-order valence-corrected chi connectivity index (χ3v) is 3.92. The highest BCUT2D eigenvalue weighted by atomic mass is 16.1. The standard InChI is InChI=1S/C18H26N4O/c1-13(2)11-20-18(19)21-12-14-6-5-9-16(10-14)22-17(23)15-7-3-4-8-15/h5-6,9-10,15H,1,3-4,7-8,11-12H2,2H3,(H,22,23)(H3,19,20,21). The molecule has 0 atom stereocenters. The maximum Gasteiger partial charge on any atom is 0.227 e. The maximum atomic E-state index is 12.2. The molecule has 4 N–H and O–H groups in total. The molecule has 1 amide bonds. The van der Waals surface area contributed by atoms with Crippen molar-refractivity contribution in [2.75, 3.05) is 11.9 Å². The Bertz CT molecular complexity index is 588. The summed E-state index contributed by atoms with van der Waals surface area (Å²) in [5.41, 5.74) is 8.63. The number of amides is 1. The van der Waals surface area contributed by atoms with Gasteiger partial charge in [0.15, 0.2) is 5.96 Å². The zero-order chi connectivity index (χ0) is 16.7. The molecule has 0 bridgehead atoms. The number of carbonyl (C=O) groups is 1. The lowest BCUT2D eigenvalue weighted by Gasteiger charge is -2.11. The molecular weight excluding hydrogens is 288 g/mol. The predicted molar refractivity (Wildman–Crippen MR) is 95.2 cm³/mol. The molecule has 1 aromatic carbocycles. The molecule has 0 aliphatic heterocycles. The van der Waals surface area contributed by atoms with E-state index in [0.29, 0.717) is 19.0 Å². The normalized spacial score (nSPS) is 15.4.